The van der Waals surface area contributed by atoms with Gasteiger partial charge >= 0.3 is 0 Å². The van der Waals surface area contributed by atoms with Crippen LogP contribution in [0.15, 0.2) is 18.2 Å². The smallest absolute Gasteiger partial charge is 0.224 e. The highest BCUT2D eigenvalue weighted by atomic mass is 19.1. The van der Waals surface area contributed by atoms with Gasteiger partial charge in [-0.15, -0.1) is 0 Å². The Morgan fingerprint density at radius 1 is 1.39 bits per heavy atom. The van der Waals surface area contributed by atoms with Crippen molar-refractivity contribution in [3.63, 3.8) is 0 Å². The fourth-order valence-electron chi connectivity index (χ4n) is 2.68. The number of aliphatic hydroxyl groups is 1. The van der Waals surface area contributed by atoms with Crippen LogP contribution in [0.2, 0.25) is 0 Å². The molecule has 3 N–H and O–H groups in total. The van der Waals surface area contributed by atoms with Crippen LogP contribution >= 0.6 is 0 Å². The Morgan fingerprint density at radius 2 is 2.13 bits per heavy atom. The van der Waals surface area contributed by atoms with Gasteiger partial charge in [0.2, 0.25) is 5.91 Å². The van der Waals surface area contributed by atoms with E-state index >= 15 is 0 Å². The number of aromatic amines is 1. The number of hydrogen-bond acceptors (Lipinski definition) is 2. The first-order chi connectivity index (χ1) is 10.8. The molecule has 0 spiro atoms. The molecular formula is C18H25FN2O2. The van der Waals surface area contributed by atoms with Gasteiger partial charge in [0.25, 0.3) is 0 Å². The highest BCUT2D eigenvalue weighted by Gasteiger charge is 2.16. The maximum Gasteiger partial charge on any atom is 0.224 e. The molecule has 0 atom stereocenters. The van der Waals surface area contributed by atoms with Gasteiger partial charge in [0, 0.05) is 29.7 Å². The lowest BCUT2D eigenvalue weighted by Gasteiger charge is -2.21. The Morgan fingerprint density at radius 3 is 2.83 bits per heavy atom. The second kappa shape index (κ2) is 7.13. The summed E-state index contributed by atoms with van der Waals surface area (Å²) in [4.78, 5) is 15.3. The van der Waals surface area contributed by atoms with Crippen molar-refractivity contribution in [3.05, 3.63) is 35.3 Å². The Balaban J connectivity index is 1.93. The predicted octanol–water partition coefficient (Wildman–Crippen LogP) is 3.07. The van der Waals surface area contributed by atoms with E-state index in [1.807, 2.05) is 20.8 Å². The molecule has 0 fully saturated rings. The number of aryl methyl sites for hydroxylation is 1. The maximum absolute atomic E-state index is 13.4. The third-order valence-corrected chi connectivity index (χ3v) is 4.20. The molecule has 5 heteroatoms. The third kappa shape index (κ3) is 4.55. The van der Waals surface area contributed by atoms with Crippen LogP contribution in [-0.4, -0.2) is 29.1 Å². The molecule has 0 unspecified atom stereocenters. The summed E-state index contributed by atoms with van der Waals surface area (Å²) < 4.78 is 13.4. The lowest BCUT2D eigenvalue weighted by atomic mass is 9.89. The quantitative estimate of drug-likeness (QED) is 0.687. The zero-order chi connectivity index (χ0) is 17.0. The number of benzene rings is 1. The van der Waals surface area contributed by atoms with Crippen LogP contribution in [-0.2, 0) is 11.2 Å². The number of amides is 1. The van der Waals surface area contributed by atoms with Crippen molar-refractivity contribution < 1.29 is 14.3 Å². The van der Waals surface area contributed by atoms with E-state index in [9.17, 15) is 14.3 Å². The van der Waals surface area contributed by atoms with E-state index in [-0.39, 0.29) is 30.2 Å². The van der Waals surface area contributed by atoms with Crippen LogP contribution in [0.3, 0.4) is 0 Å². The third-order valence-electron chi connectivity index (χ3n) is 4.20. The summed E-state index contributed by atoms with van der Waals surface area (Å²) >= 11 is 0. The largest absolute Gasteiger partial charge is 0.396 e. The van der Waals surface area contributed by atoms with Gasteiger partial charge < -0.3 is 15.4 Å². The Labute approximate surface area is 136 Å². The van der Waals surface area contributed by atoms with Crippen molar-refractivity contribution in [2.75, 3.05) is 13.2 Å². The first kappa shape index (κ1) is 17.5. The summed E-state index contributed by atoms with van der Waals surface area (Å²) in [6, 6.07) is 4.56. The monoisotopic (exact) mass is 320 g/mol. The molecule has 2 rings (SSSR count). The summed E-state index contributed by atoms with van der Waals surface area (Å²) in [5.41, 5.74) is 2.46. The highest BCUT2D eigenvalue weighted by Crippen LogP contribution is 2.24. The van der Waals surface area contributed by atoms with Crippen molar-refractivity contribution in [2.45, 2.75) is 40.0 Å². The number of hydrogen-bond donors (Lipinski definition) is 3. The van der Waals surface area contributed by atoms with Crippen molar-refractivity contribution in [1.82, 2.24) is 10.3 Å². The van der Waals surface area contributed by atoms with Gasteiger partial charge in [0.1, 0.15) is 5.82 Å². The molecule has 1 aromatic heterocycles. The molecule has 0 aliphatic rings. The molecular weight excluding hydrogens is 295 g/mol. The summed E-state index contributed by atoms with van der Waals surface area (Å²) in [6.45, 7) is 6.61. The first-order valence-corrected chi connectivity index (χ1v) is 7.97. The van der Waals surface area contributed by atoms with Gasteiger partial charge in [0.15, 0.2) is 0 Å². The molecule has 0 saturated carbocycles. The van der Waals surface area contributed by atoms with Gasteiger partial charge in [-0.2, -0.15) is 0 Å². The molecule has 0 aliphatic heterocycles. The lowest BCUT2D eigenvalue weighted by molar-refractivity contribution is -0.120. The molecule has 23 heavy (non-hydrogen) atoms. The number of rotatable bonds is 7. The summed E-state index contributed by atoms with van der Waals surface area (Å²) in [5.74, 6) is -0.371. The minimum absolute atomic E-state index is 0.0694. The number of aromatic nitrogens is 1. The molecule has 0 bridgehead atoms. The number of aliphatic hydroxyl groups excluding tert-OH is 1. The van der Waals surface area contributed by atoms with Crippen LogP contribution in [0.1, 0.15) is 37.9 Å². The Hall–Kier alpha value is -1.88. The minimum atomic E-state index is -0.301. The van der Waals surface area contributed by atoms with Gasteiger partial charge in [-0.1, -0.05) is 13.8 Å². The Kier molecular flexibility index (Phi) is 5.42. The van der Waals surface area contributed by atoms with Crippen molar-refractivity contribution in [3.8, 4) is 0 Å². The van der Waals surface area contributed by atoms with Crippen LogP contribution in [0.4, 0.5) is 4.39 Å². The van der Waals surface area contributed by atoms with Crippen molar-refractivity contribution in [1.29, 1.82) is 0 Å². The van der Waals surface area contributed by atoms with Crippen molar-refractivity contribution >= 4 is 16.8 Å². The number of carbonyl (C=O) groups excluding carboxylic acids is 1. The fraction of sp³-hybridized carbons (Fsp3) is 0.500. The molecule has 126 valence electrons. The number of H-pyrrole nitrogens is 1. The number of carbonyl (C=O) groups is 1. The standard InChI is InChI=1S/C18H25FN2O2/c1-12-14(15-9-13(19)5-6-16(15)21-12)10-17(23)20-8-4-7-18(2,3)11-22/h5-6,9,21-22H,4,7-8,10-11H2,1-3H3,(H,20,23). The SMILES string of the molecule is Cc1[nH]c2ccc(F)cc2c1CC(=O)NCCCC(C)(C)CO. The zero-order valence-electron chi connectivity index (χ0n) is 14.0. The molecule has 1 heterocycles. The predicted molar refractivity (Wildman–Crippen MR) is 89.8 cm³/mol. The summed E-state index contributed by atoms with van der Waals surface area (Å²) in [7, 11) is 0. The van der Waals surface area contributed by atoms with E-state index in [0.717, 1.165) is 35.0 Å². The highest BCUT2D eigenvalue weighted by molar-refractivity contribution is 5.90. The van der Waals surface area contributed by atoms with Crippen LogP contribution < -0.4 is 5.32 Å². The topological polar surface area (TPSA) is 65.1 Å². The van der Waals surface area contributed by atoms with E-state index in [0.29, 0.717) is 6.54 Å². The molecule has 1 amide bonds. The van der Waals surface area contributed by atoms with E-state index in [1.54, 1.807) is 6.07 Å². The zero-order valence-corrected chi connectivity index (χ0v) is 14.0. The summed E-state index contributed by atoms with van der Waals surface area (Å²) in [6.07, 6.45) is 1.90. The second-order valence-corrected chi connectivity index (χ2v) is 6.87. The first-order valence-electron chi connectivity index (χ1n) is 7.97. The molecule has 2 aromatic rings. The molecule has 0 saturated heterocycles. The molecule has 0 aliphatic carbocycles. The number of nitrogens with one attached hydrogen (secondary N) is 2. The van der Waals surface area contributed by atoms with Crippen LogP contribution in [0, 0.1) is 18.2 Å². The Bertz CT molecular complexity index is 692. The van der Waals surface area contributed by atoms with Crippen LogP contribution in [0.5, 0.6) is 0 Å². The van der Waals surface area contributed by atoms with E-state index in [2.05, 4.69) is 10.3 Å². The number of fused-ring (bicyclic) bond motifs is 1. The van der Waals surface area contributed by atoms with E-state index in [1.165, 1.54) is 12.1 Å². The van der Waals surface area contributed by atoms with Gasteiger partial charge in [-0.25, -0.2) is 4.39 Å². The number of halogens is 1. The normalized spacial score (nSPS) is 11.9. The lowest BCUT2D eigenvalue weighted by Crippen LogP contribution is -2.27. The maximum atomic E-state index is 13.4. The summed E-state index contributed by atoms with van der Waals surface area (Å²) in [5, 5.41) is 12.9. The van der Waals surface area contributed by atoms with Gasteiger partial charge in [0.05, 0.1) is 6.42 Å². The van der Waals surface area contributed by atoms with Crippen molar-refractivity contribution in [2.24, 2.45) is 5.41 Å². The van der Waals surface area contributed by atoms with Crippen LogP contribution in [0.25, 0.3) is 10.9 Å². The molecule has 1 aromatic carbocycles. The van der Waals surface area contributed by atoms with Gasteiger partial charge in [-0.05, 0) is 48.9 Å². The van der Waals surface area contributed by atoms with Gasteiger partial charge in [-0.3, -0.25) is 4.79 Å². The average molecular weight is 320 g/mol. The molecule has 4 nitrogen and oxygen atoms in total. The minimum Gasteiger partial charge on any atom is -0.396 e. The van der Waals surface area contributed by atoms with E-state index < -0.39 is 0 Å². The second-order valence-electron chi connectivity index (χ2n) is 6.87. The molecule has 0 radical (unpaired) electrons. The average Bonchev–Trinajstić information content (AvgIpc) is 2.80. The van der Waals surface area contributed by atoms with E-state index in [4.69, 9.17) is 0 Å². The fourth-order valence-corrected chi connectivity index (χ4v) is 2.68.